The van der Waals surface area contributed by atoms with Gasteiger partial charge in [-0.05, 0) is 37.3 Å². The molecule has 5 heteroatoms. The van der Waals surface area contributed by atoms with Crippen molar-refractivity contribution in [2.24, 2.45) is 0 Å². The molecule has 2 aromatic rings. The molecule has 1 aromatic carbocycles. The molecule has 1 heterocycles. The van der Waals surface area contributed by atoms with E-state index in [1.54, 1.807) is 6.07 Å². The summed E-state index contributed by atoms with van der Waals surface area (Å²) in [5.41, 5.74) is 6.32. The first-order valence-electron chi connectivity index (χ1n) is 5.52. The normalized spacial score (nSPS) is 10.3. The lowest BCUT2D eigenvalue weighted by atomic mass is 10.4. The second-order valence-corrected chi connectivity index (χ2v) is 5.07. The van der Waals surface area contributed by atoms with Crippen molar-refractivity contribution in [1.82, 2.24) is 4.98 Å². The predicted octanol–water partition coefficient (Wildman–Crippen LogP) is 3.87. The molecule has 0 amide bonds. The summed E-state index contributed by atoms with van der Waals surface area (Å²) in [6.45, 7) is 2.44. The first kappa shape index (κ1) is 13.1. The number of halogens is 1. The molecule has 0 radical (unpaired) electrons. The van der Waals surface area contributed by atoms with Gasteiger partial charge in [0.15, 0.2) is 0 Å². The number of hydrogen-bond acceptors (Lipinski definition) is 4. The summed E-state index contributed by atoms with van der Waals surface area (Å²) < 4.78 is 5.36. The van der Waals surface area contributed by atoms with Crippen LogP contribution >= 0.6 is 23.4 Å². The van der Waals surface area contributed by atoms with Gasteiger partial charge in [-0.2, -0.15) is 0 Å². The second-order valence-electron chi connectivity index (χ2n) is 3.54. The lowest BCUT2D eigenvalue weighted by molar-refractivity contribution is 0.326. The van der Waals surface area contributed by atoms with Gasteiger partial charge in [0.25, 0.3) is 0 Å². The molecule has 0 fully saturated rings. The molecule has 0 saturated carbocycles. The quantitative estimate of drug-likeness (QED) is 0.924. The molecule has 0 aliphatic rings. The maximum Gasteiger partial charge on any atom is 0.238 e. The number of benzene rings is 1. The molecule has 0 spiro atoms. The highest BCUT2D eigenvalue weighted by molar-refractivity contribution is 7.99. The molecule has 18 heavy (non-hydrogen) atoms. The van der Waals surface area contributed by atoms with Crippen LogP contribution in [0.15, 0.2) is 46.3 Å². The standard InChI is InChI=1S/C13H13ClN2OS/c1-2-17-13-11(15)6-7-12(16-13)18-10-5-3-4-9(14)8-10/h3-8H,2,15H2,1H3. The Morgan fingerprint density at radius 1 is 1.33 bits per heavy atom. The molecule has 94 valence electrons. The number of rotatable bonds is 4. The summed E-state index contributed by atoms with van der Waals surface area (Å²) in [7, 11) is 0. The third-order valence-electron chi connectivity index (χ3n) is 2.16. The van der Waals surface area contributed by atoms with Crippen LogP contribution in [0.2, 0.25) is 5.02 Å². The summed E-state index contributed by atoms with van der Waals surface area (Å²) in [5.74, 6) is 0.476. The molecule has 0 aliphatic heterocycles. The van der Waals surface area contributed by atoms with Crippen molar-refractivity contribution in [3.05, 3.63) is 41.4 Å². The largest absolute Gasteiger partial charge is 0.476 e. The Bertz CT molecular complexity index is 548. The summed E-state index contributed by atoms with van der Waals surface area (Å²) in [4.78, 5) is 5.39. The number of anilines is 1. The minimum atomic E-state index is 0.476. The van der Waals surface area contributed by atoms with E-state index in [1.165, 1.54) is 11.8 Å². The van der Waals surface area contributed by atoms with Gasteiger partial charge < -0.3 is 10.5 Å². The lowest BCUT2D eigenvalue weighted by Crippen LogP contribution is -1.99. The minimum Gasteiger partial charge on any atom is -0.476 e. The van der Waals surface area contributed by atoms with Crippen molar-refractivity contribution < 1.29 is 4.74 Å². The molecular weight excluding hydrogens is 268 g/mol. The Morgan fingerprint density at radius 2 is 2.17 bits per heavy atom. The van der Waals surface area contributed by atoms with Gasteiger partial charge in [-0.15, -0.1) is 0 Å². The smallest absolute Gasteiger partial charge is 0.238 e. The Balaban J connectivity index is 2.21. The molecule has 0 saturated heterocycles. The van der Waals surface area contributed by atoms with Gasteiger partial charge >= 0.3 is 0 Å². The number of ether oxygens (including phenoxy) is 1. The Hall–Kier alpha value is -1.39. The van der Waals surface area contributed by atoms with Gasteiger partial charge in [0.1, 0.15) is 5.03 Å². The first-order valence-corrected chi connectivity index (χ1v) is 6.71. The van der Waals surface area contributed by atoms with Gasteiger partial charge in [-0.3, -0.25) is 0 Å². The molecule has 1 aromatic heterocycles. The third-order valence-corrected chi connectivity index (χ3v) is 3.32. The van der Waals surface area contributed by atoms with E-state index in [0.29, 0.717) is 23.2 Å². The fraction of sp³-hybridized carbons (Fsp3) is 0.154. The van der Waals surface area contributed by atoms with E-state index < -0.39 is 0 Å². The number of aromatic nitrogens is 1. The SMILES string of the molecule is CCOc1nc(Sc2cccc(Cl)c2)ccc1N. The molecular formula is C13H13ClN2OS. The maximum atomic E-state index is 5.94. The molecule has 2 rings (SSSR count). The van der Waals surface area contributed by atoms with Crippen LogP contribution in [0.3, 0.4) is 0 Å². The predicted molar refractivity (Wildman–Crippen MR) is 75.4 cm³/mol. The Labute approximate surface area is 115 Å². The van der Waals surface area contributed by atoms with E-state index in [9.17, 15) is 0 Å². The average Bonchev–Trinajstić information content (AvgIpc) is 2.34. The number of pyridine rings is 1. The fourth-order valence-electron chi connectivity index (χ4n) is 1.39. The maximum absolute atomic E-state index is 5.94. The van der Waals surface area contributed by atoms with Gasteiger partial charge in [0.05, 0.1) is 12.3 Å². The first-order chi connectivity index (χ1) is 8.69. The zero-order chi connectivity index (χ0) is 13.0. The van der Waals surface area contributed by atoms with E-state index in [0.717, 1.165) is 9.92 Å². The molecule has 3 nitrogen and oxygen atoms in total. The molecule has 0 unspecified atom stereocenters. The van der Waals surface area contributed by atoms with E-state index >= 15 is 0 Å². The van der Waals surface area contributed by atoms with Gasteiger partial charge in [0.2, 0.25) is 5.88 Å². The van der Waals surface area contributed by atoms with Crippen molar-refractivity contribution in [3.63, 3.8) is 0 Å². The Morgan fingerprint density at radius 3 is 2.89 bits per heavy atom. The highest BCUT2D eigenvalue weighted by Crippen LogP contribution is 2.30. The zero-order valence-electron chi connectivity index (χ0n) is 9.89. The summed E-state index contributed by atoms with van der Waals surface area (Å²) in [6, 6.07) is 11.3. The van der Waals surface area contributed by atoms with Crippen LogP contribution in [-0.2, 0) is 0 Å². The lowest BCUT2D eigenvalue weighted by Gasteiger charge is -2.07. The van der Waals surface area contributed by atoms with Crippen molar-refractivity contribution in [1.29, 1.82) is 0 Å². The minimum absolute atomic E-state index is 0.476. The van der Waals surface area contributed by atoms with E-state index in [4.69, 9.17) is 22.1 Å². The van der Waals surface area contributed by atoms with E-state index in [-0.39, 0.29) is 0 Å². The van der Waals surface area contributed by atoms with Crippen LogP contribution < -0.4 is 10.5 Å². The summed E-state index contributed by atoms with van der Waals surface area (Å²) >= 11 is 7.46. The average molecular weight is 281 g/mol. The van der Waals surface area contributed by atoms with Crippen LogP contribution in [0.4, 0.5) is 5.69 Å². The number of nitrogens with two attached hydrogens (primary N) is 1. The highest BCUT2D eigenvalue weighted by atomic mass is 35.5. The van der Waals surface area contributed by atoms with Crippen LogP contribution in [0.5, 0.6) is 5.88 Å². The van der Waals surface area contributed by atoms with Crippen LogP contribution in [0.25, 0.3) is 0 Å². The fourth-order valence-corrected chi connectivity index (χ4v) is 2.49. The van der Waals surface area contributed by atoms with E-state index in [1.807, 2.05) is 37.3 Å². The van der Waals surface area contributed by atoms with E-state index in [2.05, 4.69) is 4.98 Å². The van der Waals surface area contributed by atoms with Crippen molar-refractivity contribution in [2.75, 3.05) is 12.3 Å². The van der Waals surface area contributed by atoms with Crippen molar-refractivity contribution >= 4 is 29.1 Å². The third kappa shape index (κ3) is 3.31. The molecule has 2 N–H and O–H groups in total. The van der Waals surface area contributed by atoms with Gasteiger partial charge in [-0.25, -0.2) is 4.98 Å². The zero-order valence-corrected chi connectivity index (χ0v) is 11.5. The van der Waals surface area contributed by atoms with Crippen LogP contribution in [-0.4, -0.2) is 11.6 Å². The number of hydrogen-bond donors (Lipinski definition) is 1. The monoisotopic (exact) mass is 280 g/mol. The number of nitrogen functional groups attached to an aromatic ring is 1. The molecule has 0 aliphatic carbocycles. The van der Waals surface area contributed by atoms with Crippen molar-refractivity contribution in [3.8, 4) is 5.88 Å². The van der Waals surface area contributed by atoms with Crippen molar-refractivity contribution in [2.45, 2.75) is 16.8 Å². The van der Waals surface area contributed by atoms with Gasteiger partial charge in [0, 0.05) is 9.92 Å². The molecule has 0 atom stereocenters. The second kappa shape index (κ2) is 5.98. The summed E-state index contributed by atoms with van der Waals surface area (Å²) in [6.07, 6.45) is 0. The van der Waals surface area contributed by atoms with Gasteiger partial charge in [-0.1, -0.05) is 29.4 Å². The van der Waals surface area contributed by atoms with Crippen LogP contribution in [0, 0.1) is 0 Å². The van der Waals surface area contributed by atoms with Crippen LogP contribution in [0.1, 0.15) is 6.92 Å². The topological polar surface area (TPSA) is 48.1 Å². The summed E-state index contributed by atoms with van der Waals surface area (Å²) in [5, 5.41) is 1.54. The Kier molecular flexibility index (Phi) is 4.33. The molecule has 0 bridgehead atoms. The number of nitrogens with zero attached hydrogens (tertiary/aromatic N) is 1. The highest BCUT2D eigenvalue weighted by Gasteiger charge is 2.05.